The van der Waals surface area contributed by atoms with Crippen molar-refractivity contribution in [1.82, 2.24) is 14.0 Å². The topological polar surface area (TPSA) is 57.2 Å². The molecule has 3 rings (SSSR count). The SMILES string of the molecule is CCN(CC)CCn1c(=N)n(C[C@H](O)c2ccc(C)cc2)c2ccccc21. The second-order valence-corrected chi connectivity index (χ2v) is 7.03. The van der Waals surface area contributed by atoms with Gasteiger partial charge in [-0.05, 0) is 37.7 Å². The molecule has 27 heavy (non-hydrogen) atoms. The van der Waals surface area contributed by atoms with Crippen LogP contribution in [0, 0.1) is 12.3 Å². The van der Waals surface area contributed by atoms with Crippen molar-refractivity contribution in [3.63, 3.8) is 0 Å². The first-order valence-corrected chi connectivity index (χ1v) is 9.74. The zero-order valence-electron chi connectivity index (χ0n) is 16.5. The Balaban J connectivity index is 1.92. The molecular weight excluding hydrogens is 336 g/mol. The molecule has 1 atom stereocenters. The Hall–Kier alpha value is -2.37. The van der Waals surface area contributed by atoms with E-state index in [2.05, 4.69) is 29.4 Å². The van der Waals surface area contributed by atoms with E-state index in [4.69, 9.17) is 5.41 Å². The highest BCUT2D eigenvalue weighted by Gasteiger charge is 2.15. The number of rotatable bonds is 8. The molecule has 0 aliphatic heterocycles. The molecule has 0 unspecified atom stereocenters. The van der Waals surface area contributed by atoms with Gasteiger partial charge in [-0.15, -0.1) is 0 Å². The zero-order valence-corrected chi connectivity index (χ0v) is 16.5. The van der Waals surface area contributed by atoms with Gasteiger partial charge in [0.15, 0.2) is 0 Å². The van der Waals surface area contributed by atoms with E-state index in [0.717, 1.165) is 42.8 Å². The Morgan fingerprint density at radius 3 is 2.15 bits per heavy atom. The summed E-state index contributed by atoms with van der Waals surface area (Å²) in [6, 6.07) is 16.0. The molecule has 0 radical (unpaired) electrons. The second kappa shape index (κ2) is 8.55. The smallest absolute Gasteiger partial charge is 0.203 e. The van der Waals surface area contributed by atoms with Crippen LogP contribution in [0.4, 0.5) is 0 Å². The largest absolute Gasteiger partial charge is 0.387 e. The lowest BCUT2D eigenvalue weighted by molar-refractivity contribution is 0.155. The van der Waals surface area contributed by atoms with E-state index in [1.54, 1.807) is 0 Å². The third-order valence-corrected chi connectivity index (χ3v) is 5.33. The summed E-state index contributed by atoms with van der Waals surface area (Å²) >= 11 is 0. The minimum Gasteiger partial charge on any atom is -0.387 e. The number of hydrogen-bond donors (Lipinski definition) is 2. The molecular formula is C22H30N4O. The molecule has 0 saturated carbocycles. The lowest BCUT2D eigenvalue weighted by Gasteiger charge is -2.18. The van der Waals surface area contributed by atoms with Gasteiger partial charge in [-0.25, -0.2) is 0 Å². The van der Waals surface area contributed by atoms with Gasteiger partial charge >= 0.3 is 0 Å². The van der Waals surface area contributed by atoms with Crippen LogP contribution >= 0.6 is 0 Å². The monoisotopic (exact) mass is 366 g/mol. The maximum Gasteiger partial charge on any atom is 0.203 e. The van der Waals surface area contributed by atoms with E-state index in [1.165, 1.54) is 5.56 Å². The summed E-state index contributed by atoms with van der Waals surface area (Å²) in [5.74, 6) is 0. The number of aromatic nitrogens is 2. The summed E-state index contributed by atoms with van der Waals surface area (Å²) in [5.41, 5.74) is 4.54. The first-order chi connectivity index (χ1) is 13.0. The molecule has 0 fully saturated rings. The van der Waals surface area contributed by atoms with Crippen molar-refractivity contribution in [1.29, 1.82) is 5.41 Å². The van der Waals surface area contributed by atoms with Crippen LogP contribution in [-0.4, -0.2) is 38.8 Å². The first kappa shape index (κ1) is 19.4. The normalized spacial score (nSPS) is 12.8. The van der Waals surface area contributed by atoms with Crippen LogP contribution in [0.3, 0.4) is 0 Å². The molecule has 5 heteroatoms. The van der Waals surface area contributed by atoms with Crippen LogP contribution in [0.2, 0.25) is 0 Å². The average molecular weight is 367 g/mol. The van der Waals surface area contributed by atoms with Gasteiger partial charge in [0, 0.05) is 13.1 Å². The van der Waals surface area contributed by atoms with Gasteiger partial charge in [0.1, 0.15) is 0 Å². The molecule has 0 aliphatic carbocycles. The lowest BCUT2D eigenvalue weighted by Crippen LogP contribution is -2.32. The number of aryl methyl sites for hydroxylation is 1. The third kappa shape index (κ3) is 4.15. The fourth-order valence-electron chi connectivity index (χ4n) is 3.55. The molecule has 3 aromatic rings. The van der Waals surface area contributed by atoms with Gasteiger partial charge in [0.25, 0.3) is 0 Å². The quantitative estimate of drug-likeness (QED) is 0.643. The number of hydrogen-bond acceptors (Lipinski definition) is 3. The number of likely N-dealkylation sites (N-methyl/N-ethyl adjacent to an activating group) is 1. The number of aliphatic hydroxyl groups is 1. The maximum atomic E-state index is 10.7. The standard InChI is InChI=1S/C22H30N4O/c1-4-24(5-2)14-15-25-19-8-6-7-9-20(19)26(22(25)23)16-21(27)18-12-10-17(3)11-13-18/h6-13,21,23,27H,4-5,14-16H2,1-3H3/t21-/m0/s1. The predicted octanol–water partition coefficient (Wildman–Crippen LogP) is 3.31. The number of para-hydroxylation sites is 2. The van der Waals surface area contributed by atoms with Gasteiger partial charge in [-0.3, -0.25) is 5.41 Å². The summed E-state index contributed by atoms with van der Waals surface area (Å²) < 4.78 is 3.97. The molecule has 0 aliphatic rings. The number of nitrogens with zero attached hydrogens (tertiary/aromatic N) is 3. The Kier molecular flexibility index (Phi) is 6.14. The summed E-state index contributed by atoms with van der Waals surface area (Å²) in [7, 11) is 0. The minimum atomic E-state index is -0.637. The van der Waals surface area contributed by atoms with Crippen molar-refractivity contribution in [3.05, 3.63) is 65.3 Å². The number of imidazole rings is 1. The predicted molar refractivity (Wildman–Crippen MR) is 110 cm³/mol. The molecule has 0 amide bonds. The fraction of sp³-hybridized carbons (Fsp3) is 0.409. The summed E-state index contributed by atoms with van der Waals surface area (Å²) in [6.45, 7) is 10.4. The van der Waals surface area contributed by atoms with E-state index in [0.29, 0.717) is 12.2 Å². The summed E-state index contributed by atoms with van der Waals surface area (Å²) in [4.78, 5) is 2.36. The van der Waals surface area contributed by atoms with Gasteiger partial charge in [-0.2, -0.15) is 0 Å². The zero-order chi connectivity index (χ0) is 19.4. The summed E-state index contributed by atoms with van der Waals surface area (Å²) in [5, 5.41) is 19.5. The molecule has 2 N–H and O–H groups in total. The van der Waals surface area contributed by atoms with Gasteiger partial charge in [0.2, 0.25) is 5.62 Å². The summed E-state index contributed by atoms with van der Waals surface area (Å²) in [6.07, 6.45) is -0.637. The van der Waals surface area contributed by atoms with Crippen molar-refractivity contribution >= 4 is 11.0 Å². The van der Waals surface area contributed by atoms with Crippen molar-refractivity contribution in [2.24, 2.45) is 0 Å². The lowest BCUT2D eigenvalue weighted by atomic mass is 10.1. The van der Waals surface area contributed by atoms with Crippen LogP contribution < -0.4 is 5.62 Å². The maximum absolute atomic E-state index is 10.7. The van der Waals surface area contributed by atoms with Crippen LogP contribution in [0.5, 0.6) is 0 Å². The van der Waals surface area contributed by atoms with E-state index in [-0.39, 0.29) is 0 Å². The fourth-order valence-corrected chi connectivity index (χ4v) is 3.55. The molecule has 144 valence electrons. The van der Waals surface area contributed by atoms with E-state index < -0.39 is 6.10 Å². The Labute approximate surface area is 161 Å². The van der Waals surface area contributed by atoms with Gasteiger partial charge in [-0.1, -0.05) is 55.8 Å². The average Bonchev–Trinajstić information content (AvgIpc) is 2.95. The van der Waals surface area contributed by atoms with Crippen molar-refractivity contribution in [2.45, 2.75) is 40.0 Å². The molecule has 5 nitrogen and oxygen atoms in total. The van der Waals surface area contributed by atoms with Crippen LogP contribution in [0.15, 0.2) is 48.5 Å². The number of fused-ring (bicyclic) bond motifs is 1. The van der Waals surface area contributed by atoms with Crippen molar-refractivity contribution < 1.29 is 5.11 Å². The highest BCUT2D eigenvalue weighted by molar-refractivity contribution is 5.75. The first-order valence-electron chi connectivity index (χ1n) is 9.74. The minimum absolute atomic E-state index is 0.376. The third-order valence-electron chi connectivity index (χ3n) is 5.33. The Bertz CT molecular complexity index is 935. The van der Waals surface area contributed by atoms with E-state index in [1.807, 2.05) is 54.0 Å². The number of nitrogens with one attached hydrogen (secondary N) is 1. The molecule has 0 saturated heterocycles. The van der Waals surface area contributed by atoms with Crippen molar-refractivity contribution in [3.8, 4) is 0 Å². The van der Waals surface area contributed by atoms with Gasteiger partial charge in [0.05, 0.1) is 23.7 Å². The Morgan fingerprint density at radius 2 is 1.56 bits per heavy atom. The highest BCUT2D eigenvalue weighted by Crippen LogP contribution is 2.19. The van der Waals surface area contributed by atoms with Crippen LogP contribution in [-0.2, 0) is 13.1 Å². The molecule has 0 spiro atoms. The molecule has 0 bridgehead atoms. The highest BCUT2D eigenvalue weighted by atomic mass is 16.3. The Morgan fingerprint density at radius 1 is 0.963 bits per heavy atom. The number of benzene rings is 2. The van der Waals surface area contributed by atoms with E-state index >= 15 is 0 Å². The second-order valence-electron chi connectivity index (χ2n) is 7.03. The van der Waals surface area contributed by atoms with Crippen LogP contribution in [0.25, 0.3) is 11.0 Å². The molecule has 2 aromatic carbocycles. The van der Waals surface area contributed by atoms with Gasteiger partial charge < -0.3 is 19.1 Å². The van der Waals surface area contributed by atoms with Crippen LogP contribution in [0.1, 0.15) is 31.1 Å². The number of aliphatic hydroxyl groups excluding tert-OH is 1. The van der Waals surface area contributed by atoms with Crippen molar-refractivity contribution in [2.75, 3.05) is 19.6 Å². The molecule has 1 aromatic heterocycles. The molecule has 1 heterocycles. The van der Waals surface area contributed by atoms with E-state index in [9.17, 15) is 5.11 Å².